The summed E-state index contributed by atoms with van der Waals surface area (Å²) < 4.78 is 5.24. The predicted molar refractivity (Wildman–Crippen MR) is 113 cm³/mol. The van der Waals surface area contributed by atoms with Gasteiger partial charge in [0, 0.05) is 23.7 Å². The molecule has 3 rings (SSSR count). The van der Waals surface area contributed by atoms with Crippen LogP contribution >= 0.6 is 23.2 Å². The summed E-state index contributed by atoms with van der Waals surface area (Å²) in [5.41, 5.74) is 1.37. The molecule has 152 valence electrons. The summed E-state index contributed by atoms with van der Waals surface area (Å²) in [6.07, 6.45) is 1.35. The molecule has 1 fully saturated rings. The van der Waals surface area contributed by atoms with Gasteiger partial charge in [0.1, 0.15) is 0 Å². The van der Waals surface area contributed by atoms with Gasteiger partial charge in [0.2, 0.25) is 5.91 Å². The molecule has 8 heteroatoms. The maximum atomic E-state index is 12.4. The fraction of sp³-hybridized carbons (Fsp3) is 0.286. The van der Waals surface area contributed by atoms with E-state index in [1.807, 2.05) is 0 Å². The lowest BCUT2D eigenvalue weighted by molar-refractivity contribution is -0.123. The molecule has 0 saturated carbocycles. The Morgan fingerprint density at radius 3 is 2.52 bits per heavy atom. The molecule has 1 heterocycles. The summed E-state index contributed by atoms with van der Waals surface area (Å²) in [4.78, 5) is 38.4. The number of piperidine rings is 1. The van der Waals surface area contributed by atoms with Crippen molar-refractivity contribution < 1.29 is 19.1 Å². The zero-order valence-electron chi connectivity index (χ0n) is 15.8. The molecule has 0 bridgehead atoms. The second-order valence-electron chi connectivity index (χ2n) is 6.71. The maximum Gasteiger partial charge on any atom is 0.338 e. The number of amides is 2. The van der Waals surface area contributed by atoms with Crippen LogP contribution in [0.25, 0.3) is 0 Å². The van der Waals surface area contributed by atoms with Crippen molar-refractivity contribution in [1.29, 1.82) is 0 Å². The normalized spacial score (nSPS) is 15.0. The highest BCUT2D eigenvalue weighted by Gasteiger charge is 2.22. The zero-order valence-corrected chi connectivity index (χ0v) is 17.3. The second kappa shape index (κ2) is 9.29. The molecule has 0 aliphatic carbocycles. The van der Waals surface area contributed by atoms with Gasteiger partial charge in [0.25, 0.3) is 5.91 Å². The monoisotopic (exact) mass is 434 g/mol. The minimum absolute atomic E-state index is 0.0801. The van der Waals surface area contributed by atoms with E-state index in [0.29, 0.717) is 34.3 Å². The van der Waals surface area contributed by atoms with E-state index in [0.717, 1.165) is 18.5 Å². The predicted octanol–water partition coefficient (Wildman–Crippen LogP) is 4.69. The Kier molecular flexibility index (Phi) is 6.77. The largest absolute Gasteiger partial charge is 0.449 e. The van der Waals surface area contributed by atoms with Gasteiger partial charge in [-0.2, -0.15) is 0 Å². The molecule has 1 aliphatic heterocycles. The standard InChI is InChI=1S/C21H20Cl2N2O4/c1-13(20(27)24-18-12-15(22)7-10-17(18)23)29-21(28)14-5-8-16(9-6-14)25-11-3-2-4-19(25)26/h5-10,12-13H,2-4,11H2,1H3,(H,24,27). The summed E-state index contributed by atoms with van der Waals surface area (Å²) >= 11 is 11.9. The van der Waals surface area contributed by atoms with Crippen molar-refractivity contribution in [3.05, 3.63) is 58.1 Å². The Morgan fingerprint density at radius 1 is 1.10 bits per heavy atom. The van der Waals surface area contributed by atoms with Crippen molar-refractivity contribution in [2.75, 3.05) is 16.8 Å². The van der Waals surface area contributed by atoms with Crippen LogP contribution in [0, 0.1) is 0 Å². The molecule has 1 aliphatic rings. The molecule has 6 nitrogen and oxygen atoms in total. The zero-order chi connectivity index (χ0) is 21.0. The number of hydrogen-bond donors (Lipinski definition) is 1. The van der Waals surface area contributed by atoms with Crippen molar-refractivity contribution in [1.82, 2.24) is 0 Å². The van der Waals surface area contributed by atoms with E-state index in [1.54, 1.807) is 41.3 Å². The van der Waals surface area contributed by atoms with Crippen LogP contribution in [-0.2, 0) is 14.3 Å². The molecule has 1 unspecified atom stereocenters. The molecule has 2 aromatic rings. The van der Waals surface area contributed by atoms with E-state index in [-0.39, 0.29) is 5.91 Å². The number of carbonyl (C=O) groups is 3. The average Bonchev–Trinajstić information content (AvgIpc) is 2.71. The van der Waals surface area contributed by atoms with Gasteiger partial charge < -0.3 is 15.0 Å². The summed E-state index contributed by atoms with van der Waals surface area (Å²) in [5.74, 6) is -1.09. The Balaban J connectivity index is 1.61. The highest BCUT2D eigenvalue weighted by atomic mass is 35.5. The molecule has 1 N–H and O–H groups in total. The van der Waals surface area contributed by atoms with Gasteiger partial charge in [-0.1, -0.05) is 23.2 Å². The van der Waals surface area contributed by atoms with Gasteiger partial charge >= 0.3 is 5.97 Å². The number of anilines is 2. The minimum Gasteiger partial charge on any atom is -0.449 e. The number of benzene rings is 2. The van der Waals surface area contributed by atoms with Crippen LogP contribution in [0.3, 0.4) is 0 Å². The average molecular weight is 435 g/mol. The maximum absolute atomic E-state index is 12.4. The van der Waals surface area contributed by atoms with Gasteiger partial charge in [-0.15, -0.1) is 0 Å². The van der Waals surface area contributed by atoms with E-state index in [4.69, 9.17) is 27.9 Å². The summed E-state index contributed by atoms with van der Waals surface area (Å²) in [7, 11) is 0. The fourth-order valence-corrected chi connectivity index (χ4v) is 3.30. The van der Waals surface area contributed by atoms with Gasteiger partial charge in [0.05, 0.1) is 16.3 Å². The van der Waals surface area contributed by atoms with Crippen molar-refractivity contribution in [2.45, 2.75) is 32.3 Å². The minimum atomic E-state index is -1.04. The first-order chi connectivity index (χ1) is 13.8. The third-order valence-electron chi connectivity index (χ3n) is 4.58. The van der Waals surface area contributed by atoms with Gasteiger partial charge in [-0.3, -0.25) is 9.59 Å². The van der Waals surface area contributed by atoms with Crippen LogP contribution in [0.5, 0.6) is 0 Å². The van der Waals surface area contributed by atoms with Crippen molar-refractivity contribution in [2.24, 2.45) is 0 Å². The van der Waals surface area contributed by atoms with Gasteiger partial charge in [0.15, 0.2) is 6.10 Å². The van der Waals surface area contributed by atoms with Gasteiger partial charge in [-0.05, 0) is 62.2 Å². The first kappa shape index (κ1) is 21.1. The third-order valence-corrected chi connectivity index (χ3v) is 5.14. The number of rotatable bonds is 5. The summed E-state index contributed by atoms with van der Waals surface area (Å²) in [6, 6.07) is 11.2. The molecule has 0 spiro atoms. The Bertz CT molecular complexity index is 931. The molecule has 2 aromatic carbocycles. The van der Waals surface area contributed by atoms with Crippen LogP contribution in [0.2, 0.25) is 10.0 Å². The van der Waals surface area contributed by atoms with Crippen LogP contribution in [0.15, 0.2) is 42.5 Å². The number of esters is 1. The Hall–Kier alpha value is -2.57. The van der Waals surface area contributed by atoms with Crippen LogP contribution in [0.4, 0.5) is 11.4 Å². The van der Waals surface area contributed by atoms with Crippen LogP contribution in [-0.4, -0.2) is 30.4 Å². The van der Waals surface area contributed by atoms with Crippen LogP contribution < -0.4 is 10.2 Å². The molecule has 0 aromatic heterocycles. The topological polar surface area (TPSA) is 75.7 Å². The Labute approximate surface area is 178 Å². The number of ether oxygens (including phenoxy) is 1. The molecule has 29 heavy (non-hydrogen) atoms. The highest BCUT2D eigenvalue weighted by molar-refractivity contribution is 6.35. The van der Waals surface area contributed by atoms with Gasteiger partial charge in [-0.25, -0.2) is 4.79 Å². The van der Waals surface area contributed by atoms with Crippen molar-refractivity contribution >= 4 is 52.4 Å². The first-order valence-corrected chi connectivity index (χ1v) is 9.98. The third kappa shape index (κ3) is 5.28. The molecular formula is C21H20Cl2N2O4. The van der Waals surface area contributed by atoms with Crippen LogP contribution in [0.1, 0.15) is 36.5 Å². The number of nitrogens with zero attached hydrogens (tertiary/aromatic N) is 1. The number of hydrogen-bond acceptors (Lipinski definition) is 4. The van der Waals surface area contributed by atoms with E-state index in [2.05, 4.69) is 5.32 Å². The van der Waals surface area contributed by atoms with Crippen molar-refractivity contribution in [3.8, 4) is 0 Å². The smallest absolute Gasteiger partial charge is 0.338 e. The summed E-state index contributed by atoms with van der Waals surface area (Å²) in [5, 5.41) is 3.33. The SMILES string of the molecule is CC(OC(=O)c1ccc(N2CCCCC2=O)cc1)C(=O)Nc1cc(Cl)ccc1Cl. The fourth-order valence-electron chi connectivity index (χ4n) is 2.97. The van der Waals surface area contributed by atoms with E-state index < -0.39 is 18.0 Å². The Morgan fingerprint density at radius 2 is 1.83 bits per heavy atom. The van der Waals surface area contributed by atoms with E-state index in [9.17, 15) is 14.4 Å². The molecule has 0 radical (unpaired) electrons. The molecule has 1 atom stereocenters. The number of carbonyl (C=O) groups excluding carboxylic acids is 3. The first-order valence-electron chi connectivity index (χ1n) is 9.22. The summed E-state index contributed by atoms with van der Waals surface area (Å²) in [6.45, 7) is 2.14. The van der Waals surface area contributed by atoms with Crippen molar-refractivity contribution in [3.63, 3.8) is 0 Å². The molecular weight excluding hydrogens is 415 g/mol. The molecule has 2 amide bonds. The van der Waals surface area contributed by atoms with E-state index in [1.165, 1.54) is 13.0 Å². The number of halogens is 2. The van der Waals surface area contributed by atoms with E-state index >= 15 is 0 Å². The lowest BCUT2D eigenvalue weighted by atomic mass is 10.1. The quantitative estimate of drug-likeness (QED) is 0.692. The second-order valence-corrected chi connectivity index (χ2v) is 7.55. The lowest BCUT2D eigenvalue weighted by Gasteiger charge is -2.26. The highest BCUT2D eigenvalue weighted by Crippen LogP contribution is 2.26. The number of nitrogens with one attached hydrogen (secondary N) is 1. The lowest BCUT2D eigenvalue weighted by Crippen LogP contribution is -2.35. The molecule has 1 saturated heterocycles.